The third-order valence-corrected chi connectivity index (χ3v) is 2.74. The molecule has 0 saturated heterocycles. The van der Waals surface area contributed by atoms with Crippen molar-refractivity contribution < 1.29 is 19.6 Å². The number of benzene rings is 1. The van der Waals surface area contributed by atoms with Crippen LogP contribution >= 0.6 is 11.6 Å². The minimum atomic E-state index is -0.669. The molecule has 0 saturated carbocycles. The monoisotopic (exact) mass is 288 g/mol. The van der Waals surface area contributed by atoms with Crippen LogP contribution in [0, 0.1) is 10.1 Å². The van der Waals surface area contributed by atoms with Gasteiger partial charge >= 0.3 is 0 Å². The second kappa shape index (κ2) is 7.03. The Hall–Kier alpha value is -1.70. The van der Waals surface area contributed by atoms with Crippen LogP contribution < -0.4 is 5.32 Å². The summed E-state index contributed by atoms with van der Waals surface area (Å²) >= 11 is 5.81. The fourth-order valence-electron chi connectivity index (χ4n) is 1.44. The zero-order chi connectivity index (χ0) is 14.4. The summed E-state index contributed by atoms with van der Waals surface area (Å²) in [6, 6.07) is 3.33. The Bertz CT molecular complexity index is 480. The first-order valence-corrected chi connectivity index (χ1v) is 5.72. The number of methoxy groups -OCH3 is 1. The average molecular weight is 289 g/mol. The lowest BCUT2D eigenvalue weighted by molar-refractivity contribution is -0.384. The van der Waals surface area contributed by atoms with Gasteiger partial charge in [0.1, 0.15) is 5.02 Å². The van der Waals surface area contributed by atoms with Crippen molar-refractivity contribution in [1.82, 2.24) is 5.32 Å². The number of rotatable bonds is 6. The van der Waals surface area contributed by atoms with Gasteiger partial charge in [0.05, 0.1) is 29.7 Å². The molecule has 0 bridgehead atoms. The Balaban J connectivity index is 2.94. The first kappa shape index (κ1) is 15.4. The molecule has 8 heteroatoms. The number of halogens is 1. The van der Waals surface area contributed by atoms with E-state index in [2.05, 4.69) is 5.32 Å². The van der Waals surface area contributed by atoms with Gasteiger partial charge in [-0.25, -0.2) is 0 Å². The van der Waals surface area contributed by atoms with Gasteiger partial charge in [0.2, 0.25) is 0 Å². The minimum Gasteiger partial charge on any atom is -0.394 e. The molecule has 1 rings (SSSR count). The van der Waals surface area contributed by atoms with Crippen molar-refractivity contribution in [1.29, 1.82) is 0 Å². The van der Waals surface area contributed by atoms with E-state index in [-0.39, 0.29) is 29.5 Å². The molecule has 0 aromatic heterocycles. The standard InChI is InChI=1S/C11H13ClN2O5/c1-19-6-7(5-15)13-11(16)8-3-2-4-9(10(8)12)14(17)18/h2-4,7,15H,5-6H2,1H3,(H,13,16). The molecule has 0 fully saturated rings. The van der Waals surface area contributed by atoms with E-state index < -0.39 is 16.9 Å². The van der Waals surface area contributed by atoms with Crippen LogP contribution in [0.5, 0.6) is 0 Å². The SMILES string of the molecule is COCC(CO)NC(=O)c1cccc([N+](=O)[O-])c1Cl. The topological polar surface area (TPSA) is 102 Å². The molecule has 0 radical (unpaired) electrons. The highest BCUT2D eigenvalue weighted by molar-refractivity contribution is 6.35. The van der Waals surface area contributed by atoms with Crippen molar-refractivity contribution in [3.05, 3.63) is 38.9 Å². The Morgan fingerprint density at radius 3 is 2.84 bits per heavy atom. The number of nitrogens with one attached hydrogen (secondary N) is 1. The number of nitro groups is 1. The molecule has 0 aliphatic heterocycles. The molecule has 0 aliphatic rings. The number of carbonyl (C=O) groups is 1. The molecule has 1 aromatic carbocycles. The molecular weight excluding hydrogens is 276 g/mol. The summed E-state index contributed by atoms with van der Waals surface area (Å²) in [6.07, 6.45) is 0. The molecule has 104 valence electrons. The first-order valence-electron chi connectivity index (χ1n) is 5.34. The van der Waals surface area contributed by atoms with Gasteiger partial charge in [0.25, 0.3) is 11.6 Å². The van der Waals surface area contributed by atoms with E-state index in [4.69, 9.17) is 21.4 Å². The number of hydrogen-bond donors (Lipinski definition) is 2. The van der Waals surface area contributed by atoms with Gasteiger partial charge in [0.15, 0.2) is 0 Å². The van der Waals surface area contributed by atoms with E-state index in [0.717, 1.165) is 0 Å². The molecule has 19 heavy (non-hydrogen) atoms. The Kier molecular flexibility index (Phi) is 5.68. The zero-order valence-corrected chi connectivity index (χ0v) is 10.9. The third kappa shape index (κ3) is 3.88. The highest BCUT2D eigenvalue weighted by Gasteiger charge is 2.21. The number of amides is 1. The predicted octanol–water partition coefficient (Wildman–Crippen LogP) is 0.985. The summed E-state index contributed by atoms with van der Waals surface area (Å²) in [5.74, 6) is -0.607. The van der Waals surface area contributed by atoms with E-state index in [1.807, 2.05) is 0 Å². The lowest BCUT2D eigenvalue weighted by atomic mass is 10.1. The maximum atomic E-state index is 11.9. The number of carbonyl (C=O) groups excluding carboxylic acids is 1. The van der Waals surface area contributed by atoms with E-state index in [9.17, 15) is 14.9 Å². The van der Waals surface area contributed by atoms with Crippen molar-refractivity contribution in [3.8, 4) is 0 Å². The molecule has 2 N–H and O–H groups in total. The number of nitro benzene ring substituents is 1. The number of ether oxygens (including phenoxy) is 1. The summed E-state index contributed by atoms with van der Waals surface area (Å²) < 4.78 is 4.81. The molecule has 1 unspecified atom stereocenters. The normalized spacial score (nSPS) is 11.9. The Labute approximate surface area is 114 Å². The first-order chi connectivity index (χ1) is 9.01. The molecule has 0 spiro atoms. The number of nitrogens with zero attached hydrogens (tertiary/aromatic N) is 1. The van der Waals surface area contributed by atoms with Gasteiger partial charge in [-0.2, -0.15) is 0 Å². The summed E-state index contributed by atoms with van der Waals surface area (Å²) in [6.45, 7) is -0.194. The van der Waals surface area contributed by atoms with Crippen LogP contribution in [-0.4, -0.2) is 42.3 Å². The van der Waals surface area contributed by atoms with Crippen molar-refractivity contribution in [2.45, 2.75) is 6.04 Å². The Morgan fingerprint density at radius 2 is 2.32 bits per heavy atom. The molecule has 1 aromatic rings. The van der Waals surface area contributed by atoms with E-state index in [0.29, 0.717) is 0 Å². The summed E-state index contributed by atoms with van der Waals surface area (Å²) in [7, 11) is 1.43. The van der Waals surface area contributed by atoms with E-state index in [1.165, 1.54) is 25.3 Å². The summed E-state index contributed by atoms with van der Waals surface area (Å²) in [5, 5.41) is 22.0. The van der Waals surface area contributed by atoms with Crippen LogP contribution in [0.4, 0.5) is 5.69 Å². The van der Waals surface area contributed by atoms with Crippen LogP contribution in [0.15, 0.2) is 18.2 Å². The molecular formula is C11H13ClN2O5. The second-order valence-corrected chi connectivity index (χ2v) is 4.08. The molecule has 1 amide bonds. The van der Waals surface area contributed by atoms with Crippen molar-refractivity contribution in [3.63, 3.8) is 0 Å². The highest BCUT2D eigenvalue weighted by Crippen LogP contribution is 2.27. The second-order valence-electron chi connectivity index (χ2n) is 3.70. The van der Waals surface area contributed by atoms with Crippen molar-refractivity contribution >= 4 is 23.2 Å². The molecule has 0 aliphatic carbocycles. The summed E-state index contributed by atoms with van der Waals surface area (Å²) in [4.78, 5) is 21.9. The third-order valence-electron chi connectivity index (χ3n) is 2.34. The van der Waals surface area contributed by atoms with Crippen molar-refractivity contribution in [2.75, 3.05) is 20.3 Å². The zero-order valence-electron chi connectivity index (χ0n) is 10.1. The fourth-order valence-corrected chi connectivity index (χ4v) is 1.72. The van der Waals surface area contributed by atoms with E-state index in [1.54, 1.807) is 0 Å². The molecule has 7 nitrogen and oxygen atoms in total. The predicted molar refractivity (Wildman–Crippen MR) is 68.3 cm³/mol. The minimum absolute atomic E-state index is 0.0228. The largest absolute Gasteiger partial charge is 0.394 e. The van der Waals surface area contributed by atoms with E-state index >= 15 is 0 Å². The molecule has 0 heterocycles. The molecule has 1 atom stereocenters. The fraction of sp³-hybridized carbons (Fsp3) is 0.364. The lowest BCUT2D eigenvalue weighted by Gasteiger charge is -2.15. The summed E-state index contributed by atoms with van der Waals surface area (Å²) in [5.41, 5.74) is -0.368. The van der Waals surface area contributed by atoms with Crippen LogP contribution in [-0.2, 0) is 4.74 Å². The maximum Gasteiger partial charge on any atom is 0.288 e. The smallest absolute Gasteiger partial charge is 0.288 e. The number of hydrogen-bond acceptors (Lipinski definition) is 5. The van der Waals surface area contributed by atoms with Gasteiger partial charge in [-0.1, -0.05) is 17.7 Å². The quantitative estimate of drug-likeness (QED) is 0.600. The Morgan fingerprint density at radius 1 is 1.63 bits per heavy atom. The maximum absolute atomic E-state index is 11.9. The van der Waals surface area contributed by atoms with Crippen LogP contribution in [0.3, 0.4) is 0 Å². The van der Waals surface area contributed by atoms with Gasteiger partial charge in [0, 0.05) is 13.2 Å². The van der Waals surface area contributed by atoms with Crippen molar-refractivity contribution in [2.24, 2.45) is 0 Å². The van der Waals surface area contributed by atoms with Gasteiger partial charge in [-0.05, 0) is 6.07 Å². The lowest BCUT2D eigenvalue weighted by Crippen LogP contribution is -2.40. The number of aliphatic hydroxyl groups excluding tert-OH is 1. The van der Waals surface area contributed by atoms with Gasteiger partial charge in [-0.3, -0.25) is 14.9 Å². The van der Waals surface area contributed by atoms with Crippen LogP contribution in [0.2, 0.25) is 5.02 Å². The van der Waals surface area contributed by atoms with Crippen LogP contribution in [0.25, 0.3) is 0 Å². The highest BCUT2D eigenvalue weighted by atomic mass is 35.5. The number of aliphatic hydroxyl groups is 1. The van der Waals surface area contributed by atoms with Gasteiger partial charge < -0.3 is 15.2 Å². The average Bonchev–Trinajstić information content (AvgIpc) is 2.37. The van der Waals surface area contributed by atoms with Crippen LogP contribution in [0.1, 0.15) is 10.4 Å². The van der Waals surface area contributed by atoms with Gasteiger partial charge in [-0.15, -0.1) is 0 Å².